The van der Waals surface area contributed by atoms with Crippen LogP contribution < -0.4 is 5.43 Å². The Balaban J connectivity index is 2.29. The molecule has 5 nitrogen and oxygen atoms in total. The standard InChI is InChI=1S/C13H18ClN3O2/c1-9-5-3-6-10(2)16(9)15-13-11(14)7-4-8-12(13)17(18)19/h4,7-10,15H,3,5-6H2,1-2H3. The van der Waals surface area contributed by atoms with Crippen molar-refractivity contribution in [1.29, 1.82) is 0 Å². The third kappa shape index (κ3) is 2.98. The number of nitro benzene ring substituents is 1. The van der Waals surface area contributed by atoms with Gasteiger partial charge in [0.2, 0.25) is 0 Å². The van der Waals surface area contributed by atoms with Crippen LogP contribution in [-0.2, 0) is 0 Å². The summed E-state index contributed by atoms with van der Waals surface area (Å²) in [6, 6.07) is 5.39. The second kappa shape index (κ2) is 5.75. The van der Waals surface area contributed by atoms with Gasteiger partial charge >= 0.3 is 0 Å². The summed E-state index contributed by atoms with van der Waals surface area (Å²) >= 11 is 6.09. The molecular weight excluding hydrogens is 266 g/mol. The summed E-state index contributed by atoms with van der Waals surface area (Å²) in [6.07, 6.45) is 3.34. The lowest BCUT2D eigenvalue weighted by Gasteiger charge is -2.39. The molecule has 1 aromatic carbocycles. The van der Waals surface area contributed by atoms with Crippen LogP contribution in [0.3, 0.4) is 0 Å². The third-order valence-corrected chi connectivity index (χ3v) is 3.94. The predicted molar refractivity (Wildman–Crippen MR) is 76.3 cm³/mol. The van der Waals surface area contributed by atoms with Gasteiger partial charge in [-0.15, -0.1) is 0 Å². The van der Waals surface area contributed by atoms with Gasteiger partial charge in [0.1, 0.15) is 5.69 Å². The number of hydrazine groups is 1. The lowest BCUT2D eigenvalue weighted by atomic mass is 10.00. The van der Waals surface area contributed by atoms with E-state index in [1.165, 1.54) is 12.5 Å². The van der Waals surface area contributed by atoms with Crippen molar-refractivity contribution >= 4 is 23.0 Å². The number of rotatable bonds is 3. The van der Waals surface area contributed by atoms with Crippen molar-refractivity contribution in [3.8, 4) is 0 Å². The van der Waals surface area contributed by atoms with Gasteiger partial charge in [0.05, 0.1) is 9.95 Å². The Hall–Kier alpha value is -1.33. The Morgan fingerprint density at radius 2 is 2.00 bits per heavy atom. The Labute approximate surface area is 117 Å². The molecule has 0 radical (unpaired) electrons. The van der Waals surface area contributed by atoms with Gasteiger partial charge in [0.15, 0.2) is 0 Å². The topological polar surface area (TPSA) is 58.4 Å². The van der Waals surface area contributed by atoms with E-state index >= 15 is 0 Å². The minimum Gasteiger partial charge on any atom is -0.311 e. The summed E-state index contributed by atoms with van der Waals surface area (Å²) in [7, 11) is 0. The highest BCUT2D eigenvalue weighted by Crippen LogP contribution is 2.34. The zero-order valence-corrected chi connectivity index (χ0v) is 11.9. The smallest absolute Gasteiger partial charge is 0.295 e. The molecular formula is C13H18ClN3O2. The minimum atomic E-state index is -0.409. The molecule has 1 saturated heterocycles. The van der Waals surface area contributed by atoms with Crippen LogP contribution in [0.25, 0.3) is 0 Å². The van der Waals surface area contributed by atoms with Gasteiger partial charge in [-0.3, -0.25) is 10.1 Å². The molecule has 2 unspecified atom stereocenters. The molecule has 1 fully saturated rings. The molecule has 0 aliphatic carbocycles. The van der Waals surface area contributed by atoms with Crippen LogP contribution in [0.5, 0.6) is 0 Å². The number of hydrogen-bond acceptors (Lipinski definition) is 4. The Bertz CT molecular complexity index is 471. The third-order valence-electron chi connectivity index (χ3n) is 3.62. The van der Waals surface area contributed by atoms with E-state index in [4.69, 9.17) is 11.6 Å². The van der Waals surface area contributed by atoms with E-state index in [-0.39, 0.29) is 5.69 Å². The number of nitro groups is 1. The maximum absolute atomic E-state index is 11.1. The molecule has 6 heteroatoms. The maximum Gasteiger partial charge on any atom is 0.295 e. The molecule has 2 rings (SSSR count). The number of nitrogens with zero attached hydrogens (tertiary/aromatic N) is 2. The van der Waals surface area contributed by atoms with E-state index in [1.54, 1.807) is 12.1 Å². The summed E-state index contributed by atoms with van der Waals surface area (Å²) in [5.41, 5.74) is 3.55. The normalized spacial score (nSPS) is 24.2. The van der Waals surface area contributed by atoms with Gasteiger partial charge in [-0.1, -0.05) is 24.1 Å². The quantitative estimate of drug-likeness (QED) is 0.676. The number of piperidine rings is 1. The first kappa shape index (κ1) is 14.1. The number of anilines is 1. The summed E-state index contributed by atoms with van der Waals surface area (Å²) < 4.78 is 0. The molecule has 2 atom stereocenters. The first-order chi connectivity index (χ1) is 9.00. The number of halogens is 1. The molecule has 1 aromatic rings. The van der Waals surface area contributed by atoms with Crippen molar-refractivity contribution in [1.82, 2.24) is 5.01 Å². The fraction of sp³-hybridized carbons (Fsp3) is 0.538. The van der Waals surface area contributed by atoms with E-state index in [0.29, 0.717) is 22.8 Å². The van der Waals surface area contributed by atoms with Crippen LogP contribution >= 0.6 is 11.6 Å². The highest BCUT2D eigenvalue weighted by atomic mass is 35.5. The van der Waals surface area contributed by atoms with E-state index in [9.17, 15) is 10.1 Å². The first-order valence-electron chi connectivity index (χ1n) is 6.48. The number of hydrogen-bond donors (Lipinski definition) is 1. The van der Waals surface area contributed by atoms with E-state index in [2.05, 4.69) is 24.3 Å². The molecule has 0 bridgehead atoms. The van der Waals surface area contributed by atoms with Crippen LogP contribution in [0, 0.1) is 10.1 Å². The fourth-order valence-corrected chi connectivity index (χ4v) is 2.76. The zero-order valence-electron chi connectivity index (χ0n) is 11.1. The van der Waals surface area contributed by atoms with E-state index < -0.39 is 4.92 Å². The molecule has 0 amide bonds. The molecule has 0 aromatic heterocycles. The zero-order chi connectivity index (χ0) is 14.0. The molecule has 1 heterocycles. The Morgan fingerprint density at radius 1 is 1.37 bits per heavy atom. The molecule has 1 aliphatic heterocycles. The lowest BCUT2D eigenvalue weighted by Crippen LogP contribution is -2.47. The largest absolute Gasteiger partial charge is 0.311 e. The number of nitrogens with one attached hydrogen (secondary N) is 1. The van der Waals surface area contributed by atoms with Gasteiger partial charge in [-0.05, 0) is 32.8 Å². The number of para-hydroxylation sites is 1. The average molecular weight is 284 g/mol. The minimum absolute atomic E-state index is 0.0115. The van der Waals surface area contributed by atoms with Crippen molar-refractivity contribution in [2.45, 2.75) is 45.2 Å². The van der Waals surface area contributed by atoms with Gasteiger partial charge in [0.25, 0.3) is 5.69 Å². The number of benzene rings is 1. The van der Waals surface area contributed by atoms with Crippen molar-refractivity contribution < 1.29 is 4.92 Å². The Morgan fingerprint density at radius 3 is 2.58 bits per heavy atom. The van der Waals surface area contributed by atoms with Crippen LogP contribution in [0.4, 0.5) is 11.4 Å². The fourth-order valence-electron chi connectivity index (χ4n) is 2.55. The van der Waals surface area contributed by atoms with E-state index in [0.717, 1.165) is 12.8 Å². The van der Waals surface area contributed by atoms with Crippen LogP contribution in [0.1, 0.15) is 33.1 Å². The molecule has 19 heavy (non-hydrogen) atoms. The SMILES string of the molecule is CC1CCCC(C)N1Nc1c(Cl)cccc1[N+](=O)[O-]. The van der Waals surface area contributed by atoms with Crippen molar-refractivity contribution in [3.63, 3.8) is 0 Å². The monoisotopic (exact) mass is 283 g/mol. The van der Waals surface area contributed by atoms with Gasteiger partial charge in [0, 0.05) is 18.2 Å². The molecule has 1 aliphatic rings. The first-order valence-corrected chi connectivity index (χ1v) is 6.86. The molecule has 0 spiro atoms. The lowest BCUT2D eigenvalue weighted by molar-refractivity contribution is -0.384. The summed E-state index contributed by atoms with van der Waals surface area (Å²) in [6.45, 7) is 4.23. The van der Waals surface area contributed by atoms with Crippen LogP contribution in [-0.4, -0.2) is 22.0 Å². The summed E-state index contributed by atoms with van der Waals surface area (Å²) in [5.74, 6) is 0. The molecule has 104 valence electrons. The van der Waals surface area contributed by atoms with Crippen molar-refractivity contribution in [2.75, 3.05) is 5.43 Å². The van der Waals surface area contributed by atoms with Crippen LogP contribution in [0.15, 0.2) is 18.2 Å². The second-order valence-corrected chi connectivity index (χ2v) is 5.45. The molecule has 0 saturated carbocycles. The van der Waals surface area contributed by atoms with Gasteiger partial charge in [-0.2, -0.15) is 0 Å². The van der Waals surface area contributed by atoms with Crippen LogP contribution in [0.2, 0.25) is 5.02 Å². The Kier molecular flexibility index (Phi) is 4.27. The average Bonchev–Trinajstić information content (AvgIpc) is 2.35. The van der Waals surface area contributed by atoms with Crippen molar-refractivity contribution in [3.05, 3.63) is 33.3 Å². The van der Waals surface area contributed by atoms with Crippen molar-refractivity contribution in [2.24, 2.45) is 0 Å². The van der Waals surface area contributed by atoms with E-state index in [1.807, 2.05) is 0 Å². The maximum atomic E-state index is 11.1. The molecule has 1 N–H and O–H groups in total. The summed E-state index contributed by atoms with van der Waals surface area (Å²) in [4.78, 5) is 10.7. The highest BCUT2D eigenvalue weighted by Gasteiger charge is 2.27. The predicted octanol–water partition coefficient (Wildman–Crippen LogP) is 3.84. The van der Waals surface area contributed by atoms with Gasteiger partial charge in [-0.25, -0.2) is 5.01 Å². The highest BCUT2D eigenvalue weighted by molar-refractivity contribution is 6.33. The second-order valence-electron chi connectivity index (χ2n) is 5.04. The van der Waals surface area contributed by atoms with Gasteiger partial charge < -0.3 is 5.43 Å². The summed E-state index contributed by atoms with van der Waals surface area (Å²) in [5, 5.41) is 13.5.